The molecule has 2 aromatic rings. The van der Waals surface area contributed by atoms with Crippen molar-refractivity contribution in [3.8, 4) is 0 Å². The number of nitrogens with zero attached hydrogens (tertiary/aromatic N) is 3. The van der Waals surface area contributed by atoms with Crippen LogP contribution in [0.25, 0.3) is 0 Å². The van der Waals surface area contributed by atoms with Crippen LogP contribution in [0.2, 0.25) is 10.2 Å². The number of aromatic nitrogens is 2. The van der Waals surface area contributed by atoms with E-state index in [4.69, 9.17) is 23.2 Å². The maximum absolute atomic E-state index is 6.18. The van der Waals surface area contributed by atoms with E-state index in [1.165, 1.54) is 0 Å². The molecule has 3 nitrogen and oxygen atoms in total. The molecule has 0 saturated carbocycles. The van der Waals surface area contributed by atoms with Crippen LogP contribution < -0.4 is 4.90 Å². The highest BCUT2D eigenvalue weighted by molar-refractivity contribution is 6.31. The summed E-state index contributed by atoms with van der Waals surface area (Å²) in [6.07, 6.45) is 0. The highest BCUT2D eigenvalue weighted by Crippen LogP contribution is 2.22. The van der Waals surface area contributed by atoms with Crippen LogP contribution in [0.4, 0.5) is 5.82 Å². The zero-order valence-electron chi connectivity index (χ0n) is 11.8. The number of anilines is 1. The fourth-order valence-corrected chi connectivity index (χ4v) is 2.22. The van der Waals surface area contributed by atoms with Crippen LogP contribution in [0, 0.1) is 0 Å². The molecule has 0 atom stereocenters. The Morgan fingerprint density at radius 2 is 1.85 bits per heavy atom. The second-order valence-corrected chi connectivity index (χ2v) is 5.80. The summed E-state index contributed by atoms with van der Waals surface area (Å²) in [4.78, 5) is 10.8. The lowest BCUT2D eigenvalue weighted by Crippen LogP contribution is -2.19. The van der Waals surface area contributed by atoms with Crippen molar-refractivity contribution in [2.45, 2.75) is 26.3 Å². The predicted molar refractivity (Wildman–Crippen MR) is 84.7 cm³/mol. The van der Waals surface area contributed by atoms with Gasteiger partial charge >= 0.3 is 0 Å². The first-order valence-corrected chi connectivity index (χ1v) is 7.22. The third-order valence-electron chi connectivity index (χ3n) is 2.97. The molecular formula is C15H17Cl2N3. The van der Waals surface area contributed by atoms with Crippen LogP contribution >= 0.6 is 23.2 Å². The minimum atomic E-state index is 0.237. The molecular weight excluding hydrogens is 293 g/mol. The Morgan fingerprint density at radius 1 is 1.15 bits per heavy atom. The molecule has 2 rings (SSSR count). The summed E-state index contributed by atoms with van der Waals surface area (Å²) >= 11 is 12.3. The van der Waals surface area contributed by atoms with Crippen molar-refractivity contribution in [1.29, 1.82) is 0 Å². The molecule has 0 aliphatic heterocycles. The van der Waals surface area contributed by atoms with Gasteiger partial charge in [-0.25, -0.2) is 9.97 Å². The Hall–Kier alpha value is -1.32. The summed E-state index contributed by atoms with van der Waals surface area (Å²) in [6.45, 7) is 4.76. The molecule has 1 aromatic heterocycles. The first kappa shape index (κ1) is 15.1. The first-order valence-electron chi connectivity index (χ1n) is 6.46. The van der Waals surface area contributed by atoms with Gasteiger partial charge in [-0.05, 0) is 11.6 Å². The monoisotopic (exact) mass is 309 g/mol. The SMILES string of the molecule is CC(C)c1nc(Cl)cc(N(C)Cc2ccccc2Cl)n1. The topological polar surface area (TPSA) is 29.0 Å². The van der Waals surface area contributed by atoms with Gasteiger partial charge in [-0.3, -0.25) is 0 Å². The third-order valence-corrected chi connectivity index (χ3v) is 3.53. The minimum Gasteiger partial charge on any atom is -0.355 e. The fourth-order valence-electron chi connectivity index (χ4n) is 1.84. The zero-order chi connectivity index (χ0) is 14.7. The fraction of sp³-hybridized carbons (Fsp3) is 0.333. The van der Waals surface area contributed by atoms with Crippen molar-refractivity contribution in [2.75, 3.05) is 11.9 Å². The molecule has 5 heteroatoms. The lowest BCUT2D eigenvalue weighted by molar-refractivity contribution is 0.762. The van der Waals surface area contributed by atoms with Gasteiger partial charge in [0, 0.05) is 30.6 Å². The third kappa shape index (κ3) is 3.62. The minimum absolute atomic E-state index is 0.237. The lowest BCUT2D eigenvalue weighted by atomic mass is 10.2. The summed E-state index contributed by atoms with van der Waals surface area (Å²) in [5, 5.41) is 1.22. The van der Waals surface area contributed by atoms with Crippen LogP contribution in [-0.2, 0) is 6.54 Å². The van der Waals surface area contributed by atoms with Crippen LogP contribution in [0.5, 0.6) is 0 Å². The lowest BCUT2D eigenvalue weighted by Gasteiger charge is -2.20. The first-order chi connectivity index (χ1) is 9.47. The molecule has 106 valence electrons. The van der Waals surface area contributed by atoms with E-state index in [0.29, 0.717) is 11.7 Å². The zero-order valence-corrected chi connectivity index (χ0v) is 13.3. The number of rotatable bonds is 4. The Labute approximate surface area is 129 Å². The van der Waals surface area contributed by atoms with E-state index in [2.05, 4.69) is 9.97 Å². The van der Waals surface area contributed by atoms with E-state index in [-0.39, 0.29) is 5.92 Å². The standard InChI is InChI=1S/C15H17Cl2N3/c1-10(2)15-18-13(17)8-14(19-15)20(3)9-11-6-4-5-7-12(11)16/h4-8,10H,9H2,1-3H3. The van der Waals surface area contributed by atoms with E-state index in [0.717, 1.165) is 22.2 Å². The Morgan fingerprint density at radius 3 is 2.50 bits per heavy atom. The highest BCUT2D eigenvalue weighted by atomic mass is 35.5. The van der Waals surface area contributed by atoms with E-state index in [9.17, 15) is 0 Å². The normalized spacial score (nSPS) is 10.9. The number of hydrogen-bond donors (Lipinski definition) is 0. The molecule has 0 radical (unpaired) electrons. The molecule has 0 fully saturated rings. The van der Waals surface area contributed by atoms with Gasteiger partial charge in [0.15, 0.2) is 0 Å². The summed E-state index contributed by atoms with van der Waals surface area (Å²) < 4.78 is 0. The van der Waals surface area contributed by atoms with Gasteiger partial charge in [0.05, 0.1) is 0 Å². The molecule has 0 aliphatic carbocycles. The maximum Gasteiger partial charge on any atom is 0.135 e. The van der Waals surface area contributed by atoms with Crippen LogP contribution in [0.15, 0.2) is 30.3 Å². The molecule has 0 amide bonds. The molecule has 0 aliphatic rings. The second kappa shape index (κ2) is 6.42. The van der Waals surface area contributed by atoms with Crippen molar-refractivity contribution >= 4 is 29.0 Å². The average Bonchev–Trinajstić information content (AvgIpc) is 2.40. The average molecular weight is 310 g/mol. The van der Waals surface area contributed by atoms with Gasteiger partial charge in [0.25, 0.3) is 0 Å². The van der Waals surface area contributed by atoms with Crippen LogP contribution in [0.1, 0.15) is 31.2 Å². The van der Waals surface area contributed by atoms with Gasteiger partial charge in [0.2, 0.25) is 0 Å². The van der Waals surface area contributed by atoms with E-state index in [1.807, 2.05) is 50.1 Å². The van der Waals surface area contributed by atoms with Crippen LogP contribution in [0.3, 0.4) is 0 Å². The molecule has 0 bridgehead atoms. The van der Waals surface area contributed by atoms with Gasteiger partial charge in [-0.2, -0.15) is 0 Å². The summed E-state index contributed by atoms with van der Waals surface area (Å²) in [6, 6.07) is 9.55. The van der Waals surface area contributed by atoms with E-state index in [1.54, 1.807) is 6.07 Å². The molecule has 0 spiro atoms. The van der Waals surface area contributed by atoms with Gasteiger partial charge < -0.3 is 4.90 Å². The molecule has 1 aromatic carbocycles. The van der Waals surface area contributed by atoms with Crippen molar-refractivity contribution in [3.05, 3.63) is 51.9 Å². The van der Waals surface area contributed by atoms with Gasteiger partial charge in [-0.15, -0.1) is 0 Å². The van der Waals surface area contributed by atoms with Gasteiger partial charge in [-0.1, -0.05) is 55.2 Å². The molecule has 20 heavy (non-hydrogen) atoms. The number of hydrogen-bond acceptors (Lipinski definition) is 3. The molecule has 0 unspecified atom stereocenters. The number of halogens is 2. The predicted octanol–water partition coefficient (Wildman–Crippen LogP) is 4.54. The molecule has 1 heterocycles. The highest BCUT2D eigenvalue weighted by Gasteiger charge is 2.11. The van der Waals surface area contributed by atoms with Crippen molar-refractivity contribution in [3.63, 3.8) is 0 Å². The quantitative estimate of drug-likeness (QED) is 0.776. The van der Waals surface area contributed by atoms with E-state index < -0.39 is 0 Å². The smallest absolute Gasteiger partial charge is 0.135 e. The largest absolute Gasteiger partial charge is 0.355 e. The van der Waals surface area contributed by atoms with E-state index >= 15 is 0 Å². The summed E-state index contributed by atoms with van der Waals surface area (Å²) in [7, 11) is 1.96. The maximum atomic E-state index is 6.18. The molecule has 0 N–H and O–H groups in total. The molecule has 0 saturated heterocycles. The van der Waals surface area contributed by atoms with Crippen molar-refractivity contribution in [2.24, 2.45) is 0 Å². The summed E-state index contributed by atoms with van der Waals surface area (Å²) in [5.74, 6) is 1.79. The van der Waals surface area contributed by atoms with Crippen molar-refractivity contribution < 1.29 is 0 Å². The Balaban J connectivity index is 2.25. The summed E-state index contributed by atoms with van der Waals surface area (Å²) in [5.41, 5.74) is 1.05. The van der Waals surface area contributed by atoms with Crippen molar-refractivity contribution in [1.82, 2.24) is 9.97 Å². The number of benzene rings is 1. The Bertz CT molecular complexity index is 599. The van der Waals surface area contributed by atoms with Crippen LogP contribution in [-0.4, -0.2) is 17.0 Å². The Kier molecular flexibility index (Phi) is 4.84. The second-order valence-electron chi connectivity index (χ2n) is 5.01. The van der Waals surface area contributed by atoms with Gasteiger partial charge in [0.1, 0.15) is 16.8 Å².